The zero-order valence-electron chi connectivity index (χ0n) is 9.79. The molecule has 6 heteroatoms. The third kappa shape index (κ3) is 3.62. The van der Waals surface area contributed by atoms with Crippen molar-refractivity contribution in [1.82, 2.24) is 20.5 Å². The monoisotopic (exact) mass is 225 g/mol. The summed E-state index contributed by atoms with van der Waals surface area (Å²) in [6.45, 7) is 5.24. The van der Waals surface area contributed by atoms with Gasteiger partial charge in [-0.15, -0.1) is 5.10 Å². The first-order valence-electron chi connectivity index (χ1n) is 5.55. The minimum atomic E-state index is -0.236. The van der Waals surface area contributed by atoms with E-state index in [9.17, 15) is 4.79 Å². The van der Waals surface area contributed by atoms with Crippen LogP contribution in [0.3, 0.4) is 0 Å². The SMILES string of the molecule is CC(C)c1nc(C(=O)NCCCCN)n[nH]1. The number of rotatable bonds is 6. The van der Waals surface area contributed by atoms with Crippen LogP contribution in [0, 0.1) is 0 Å². The highest BCUT2D eigenvalue weighted by Crippen LogP contribution is 2.07. The van der Waals surface area contributed by atoms with Gasteiger partial charge in [-0.05, 0) is 19.4 Å². The summed E-state index contributed by atoms with van der Waals surface area (Å²) in [5.74, 6) is 0.940. The maximum Gasteiger partial charge on any atom is 0.290 e. The van der Waals surface area contributed by atoms with Gasteiger partial charge in [0.05, 0.1) is 0 Å². The largest absolute Gasteiger partial charge is 0.349 e. The first kappa shape index (κ1) is 12.6. The van der Waals surface area contributed by atoms with Gasteiger partial charge in [-0.1, -0.05) is 13.8 Å². The van der Waals surface area contributed by atoms with E-state index in [0.717, 1.165) is 18.7 Å². The zero-order valence-corrected chi connectivity index (χ0v) is 9.79. The van der Waals surface area contributed by atoms with Crippen molar-refractivity contribution in [3.8, 4) is 0 Å². The van der Waals surface area contributed by atoms with Gasteiger partial charge in [-0.2, -0.15) is 0 Å². The van der Waals surface area contributed by atoms with Gasteiger partial charge in [0.25, 0.3) is 5.91 Å². The van der Waals surface area contributed by atoms with Gasteiger partial charge in [0, 0.05) is 12.5 Å². The quantitative estimate of drug-likeness (QED) is 0.610. The van der Waals surface area contributed by atoms with E-state index in [1.165, 1.54) is 0 Å². The molecule has 1 aromatic heterocycles. The number of aromatic amines is 1. The van der Waals surface area contributed by atoms with E-state index in [1.807, 2.05) is 13.8 Å². The van der Waals surface area contributed by atoms with Crippen LogP contribution in [0.5, 0.6) is 0 Å². The topological polar surface area (TPSA) is 96.7 Å². The van der Waals surface area contributed by atoms with Crippen molar-refractivity contribution in [2.45, 2.75) is 32.6 Å². The average molecular weight is 225 g/mol. The van der Waals surface area contributed by atoms with E-state index >= 15 is 0 Å². The predicted octanol–water partition coefficient (Wildman–Crippen LogP) is 0.397. The van der Waals surface area contributed by atoms with Crippen molar-refractivity contribution in [2.24, 2.45) is 5.73 Å². The number of nitrogens with one attached hydrogen (secondary N) is 2. The first-order valence-corrected chi connectivity index (χ1v) is 5.55. The number of carbonyl (C=O) groups is 1. The van der Waals surface area contributed by atoms with Gasteiger partial charge in [0.1, 0.15) is 5.82 Å². The summed E-state index contributed by atoms with van der Waals surface area (Å²) in [5, 5.41) is 9.36. The van der Waals surface area contributed by atoms with Crippen LogP contribution in [0.2, 0.25) is 0 Å². The highest BCUT2D eigenvalue weighted by molar-refractivity contribution is 5.90. The fraction of sp³-hybridized carbons (Fsp3) is 0.700. The molecule has 0 aromatic carbocycles. The summed E-state index contributed by atoms with van der Waals surface area (Å²) in [7, 11) is 0. The third-order valence-electron chi connectivity index (χ3n) is 2.17. The van der Waals surface area contributed by atoms with Crippen LogP contribution in [0.4, 0.5) is 0 Å². The van der Waals surface area contributed by atoms with Gasteiger partial charge in [-0.25, -0.2) is 4.98 Å². The molecule has 0 aliphatic carbocycles. The zero-order chi connectivity index (χ0) is 12.0. The smallest absolute Gasteiger partial charge is 0.290 e. The number of aromatic nitrogens is 3. The molecular weight excluding hydrogens is 206 g/mol. The lowest BCUT2D eigenvalue weighted by Crippen LogP contribution is -2.26. The van der Waals surface area contributed by atoms with E-state index in [1.54, 1.807) is 0 Å². The predicted molar refractivity (Wildman–Crippen MR) is 61.1 cm³/mol. The maximum absolute atomic E-state index is 11.6. The second-order valence-electron chi connectivity index (χ2n) is 3.95. The standard InChI is InChI=1S/C10H19N5O/c1-7(2)8-13-9(15-14-8)10(16)12-6-4-3-5-11/h7H,3-6,11H2,1-2H3,(H,12,16)(H,13,14,15). The lowest BCUT2D eigenvalue weighted by molar-refractivity contribution is 0.0943. The molecule has 0 aliphatic heterocycles. The lowest BCUT2D eigenvalue weighted by atomic mass is 10.2. The molecule has 4 N–H and O–H groups in total. The minimum absolute atomic E-state index is 0.205. The molecule has 0 saturated carbocycles. The van der Waals surface area contributed by atoms with Crippen LogP contribution in [0.15, 0.2) is 0 Å². The summed E-state index contributed by atoms with van der Waals surface area (Å²) in [4.78, 5) is 15.7. The molecule has 1 heterocycles. The van der Waals surface area contributed by atoms with E-state index in [2.05, 4.69) is 20.5 Å². The first-order chi connectivity index (χ1) is 7.65. The maximum atomic E-state index is 11.6. The van der Waals surface area contributed by atoms with E-state index in [4.69, 9.17) is 5.73 Å². The second kappa shape index (κ2) is 6.22. The fourth-order valence-corrected chi connectivity index (χ4v) is 1.18. The Balaban J connectivity index is 2.40. The Morgan fingerprint density at radius 2 is 2.25 bits per heavy atom. The molecular formula is C10H19N5O. The molecule has 0 saturated heterocycles. The van der Waals surface area contributed by atoms with Crippen molar-refractivity contribution in [3.63, 3.8) is 0 Å². The molecule has 16 heavy (non-hydrogen) atoms. The second-order valence-corrected chi connectivity index (χ2v) is 3.95. The molecule has 0 aliphatic rings. The van der Waals surface area contributed by atoms with Crippen LogP contribution in [-0.2, 0) is 0 Å². The van der Waals surface area contributed by atoms with E-state index in [0.29, 0.717) is 13.1 Å². The van der Waals surface area contributed by atoms with Crippen LogP contribution < -0.4 is 11.1 Å². The molecule has 0 bridgehead atoms. The van der Waals surface area contributed by atoms with Crippen molar-refractivity contribution in [3.05, 3.63) is 11.6 Å². The molecule has 0 fully saturated rings. The normalized spacial score (nSPS) is 10.8. The van der Waals surface area contributed by atoms with Crippen molar-refractivity contribution in [1.29, 1.82) is 0 Å². The summed E-state index contributed by atoms with van der Waals surface area (Å²) >= 11 is 0. The molecule has 1 aromatic rings. The molecule has 0 spiro atoms. The Morgan fingerprint density at radius 1 is 1.50 bits per heavy atom. The Labute approximate surface area is 95.0 Å². The number of nitrogens with zero attached hydrogens (tertiary/aromatic N) is 2. The molecule has 1 rings (SSSR count). The van der Waals surface area contributed by atoms with Crippen molar-refractivity contribution in [2.75, 3.05) is 13.1 Å². The van der Waals surface area contributed by atoms with Crippen molar-refractivity contribution >= 4 is 5.91 Å². The molecule has 0 atom stereocenters. The summed E-state index contributed by atoms with van der Waals surface area (Å²) < 4.78 is 0. The summed E-state index contributed by atoms with van der Waals surface area (Å²) in [5.41, 5.74) is 5.35. The van der Waals surface area contributed by atoms with Crippen LogP contribution in [0.1, 0.15) is 49.1 Å². The Hall–Kier alpha value is -1.43. The van der Waals surface area contributed by atoms with Crippen LogP contribution in [0.25, 0.3) is 0 Å². The number of carbonyl (C=O) groups excluding carboxylic acids is 1. The number of unbranched alkanes of at least 4 members (excludes halogenated alkanes) is 1. The Bertz CT molecular complexity index is 334. The lowest BCUT2D eigenvalue weighted by Gasteiger charge is -2.00. The van der Waals surface area contributed by atoms with E-state index in [-0.39, 0.29) is 17.6 Å². The number of nitrogens with two attached hydrogens (primary N) is 1. The van der Waals surface area contributed by atoms with Gasteiger partial charge in [-0.3, -0.25) is 9.89 Å². The number of hydrogen-bond donors (Lipinski definition) is 3. The Kier molecular flexibility index (Phi) is 4.91. The Morgan fingerprint density at radius 3 is 2.81 bits per heavy atom. The summed E-state index contributed by atoms with van der Waals surface area (Å²) in [6, 6.07) is 0. The molecule has 1 amide bonds. The van der Waals surface area contributed by atoms with Gasteiger partial charge >= 0.3 is 0 Å². The molecule has 0 unspecified atom stereocenters. The van der Waals surface area contributed by atoms with Gasteiger partial charge in [0.2, 0.25) is 5.82 Å². The molecule has 0 radical (unpaired) electrons. The number of H-pyrrole nitrogens is 1. The van der Waals surface area contributed by atoms with Crippen LogP contribution >= 0.6 is 0 Å². The van der Waals surface area contributed by atoms with Gasteiger partial charge in [0.15, 0.2) is 0 Å². The van der Waals surface area contributed by atoms with E-state index < -0.39 is 0 Å². The average Bonchev–Trinajstić information content (AvgIpc) is 2.73. The minimum Gasteiger partial charge on any atom is -0.349 e. The van der Waals surface area contributed by atoms with Crippen molar-refractivity contribution < 1.29 is 4.79 Å². The molecule has 6 nitrogen and oxygen atoms in total. The summed E-state index contributed by atoms with van der Waals surface area (Å²) in [6.07, 6.45) is 1.79. The highest BCUT2D eigenvalue weighted by atomic mass is 16.2. The number of hydrogen-bond acceptors (Lipinski definition) is 4. The third-order valence-corrected chi connectivity index (χ3v) is 2.17. The highest BCUT2D eigenvalue weighted by Gasteiger charge is 2.12. The number of amides is 1. The van der Waals surface area contributed by atoms with Crippen LogP contribution in [-0.4, -0.2) is 34.2 Å². The fourth-order valence-electron chi connectivity index (χ4n) is 1.18. The van der Waals surface area contributed by atoms with Gasteiger partial charge < -0.3 is 11.1 Å². The molecule has 90 valence electrons.